The highest BCUT2D eigenvalue weighted by atomic mass is 32.1. The van der Waals surface area contributed by atoms with Gasteiger partial charge in [0.25, 0.3) is 0 Å². The number of carbonyl (C=O) groups is 1. The van der Waals surface area contributed by atoms with Crippen LogP contribution in [0, 0.1) is 6.92 Å². The van der Waals surface area contributed by atoms with E-state index in [-0.39, 0.29) is 5.76 Å². The van der Waals surface area contributed by atoms with Crippen LogP contribution in [0.25, 0.3) is 0 Å². The lowest BCUT2D eigenvalue weighted by Crippen LogP contribution is -2.30. The number of likely N-dealkylation sites (N-methyl/N-ethyl adjacent to an activating group) is 1. The number of hydrazine groups is 1. The number of nitrogens with zero attached hydrogens (tertiary/aromatic N) is 1. The zero-order chi connectivity index (χ0) is 14.5. The Morgan fingerprint density at radius 3 is 3.00 bits per heavy atom. The fourth-order valence-electron chi connectivity index (χ4n) is 2.02. The molecule has 20 heavy (non-hydrogen) atoms. The summed E-state index contributed by atoms with van der Waals surface area (Å²) in [6, 6.07) is 6.08. The van der Waals surface area contributed by atoms with Gasteiger partial charge in [0.05, 0.1) is 6.54 Å². The van der Waals surface area contributed by atoms with Crippen LogP contribution in [0.5, 0.6) is 0 Å². The predicted molar refractivity (Wildman–Crippen MR) is 79.5 cm³/mol. The van der Waals surface area contributed by atoms with Crippen LogP contribution in [0.4, 0.5) is 0 Å². The van der Waals surface area contributed by atoms with Gasteiger partial charge in [-0.25, -0.2) is 5.84 Å². The number of rotatable bonds is 6. The van der Waals surface area contributed by atoms with Crippen molar-refractivity contribution in [1.29, 1.82) is 0 Å². The first-order chi connectivity index (χ1) is 9.60. The van der Waals surface area contributed by atoms with E-state index in [1.54, 1.807) is 11.3 Å². The van der Waals surface area contributed by atoms with Crippen molar-refractivity contribution in [3.63, 3.8) is 0 Å². The van der Waals surface area contributed by atoms with Gasteiger partial charge in [-0.15, -0.1) is 11.3 Å². The molecular weight excluding hydrogens is 274 g/mol. The third kappa shape index (κ3) is 3.69. The van der Waals surface area contributed by atoms with E-state index in [0.29, 0.717) is 6.54 Å². The monoisotopic (exact) mass is 293 g/mol. The second-order valence-electron chi connectivity index (χ2n) is 4.77. The van der Waals surface area contributed by atoms with E-state index in [0.717, 1.165) is 24.3 Å². The summed E-state index contributed by atoms with van der Waals surface area (Å²) in [5.74, 6) is 5.78. The quantitative estimate of drug-likeness (QED) is 0.485. The van der Waals surface area contributed by atoms with E-state index < -0.39 is 5.91 Å². The number of amides is 1. The summed E-state index contributed by atoms with van der Waals surface area (Å²) in [7, 11) is 2.04. The van der Waals surface area contributed by atoms with Crippen LogP contribution in [0.2, 0.25) is 0 Å². The van der Waals surface area contributed by atoms with Gasteiger partial charge in [0.15, 0.2) is 5.76 Å². The highest BCUT2D eigenvalue weighted by molar-refractivity contribution is 7.09. The topological polar surface area (TPSA) is 71.5 Å². The van der Waals surface area contributed by atoms with Crippen molar-refractivity contribution in [3.8, 4) is 0 Å². The SMILES string of the molecule is Cc1cc(CN(C)CCc2cccs2)oc1C(=O)NN. The molecule has 0 fully saturated rings. The number of hydrogen-bond donors (Lipinski definition) is 2. The molecule has 1 amide bonds. The molecule has 0 aliphatic heterocycles. The molecule has 0 atom stereocenters. The Labute approximate surface area is 122 Å². The lowest BCUT2D eigenvalue weighted by Gasteiger charge is -2.14. The van der Waals surface area contributed by atoms with Crippen molar-refractivity contribution < 1.29 is 9.21 Å². The van der Waals surface area contributed by atoms with Gasteiger partial charge < -0.3 is 4.42 Å². The summed E-state index contributed by atoms with van der Waals surface area (Å²) in [6.07, 6.45) is 1.02. The fourth-order valence-corrected chi connectivity index (χ4v) is 2.72. The van der Waals surface area contributed by atoms with Crippen LogP contribution in [0.3, 0.4) is 0 Å². The molecule has 2 aromatic heterocycles. The lowest BCUT2D eigenvalue weighted by molar-refractivity contribution is 0.0921. The lowest BCUT2D eigenvalue weighted by atomic mass is 10.2. The third-order valence-electron chi connectivity index (χ3n) is 3.05. The molecule has 0 aliphatic carbocycles. The highest BCUT2D eigenvalue weighted by Crippen LogP contribution is 2.16. The summed E-state index contributed by atoms with van der Waals surface area (Å²) in [4.78, 5) is 15.0. The molecule has 3 N–H and O–H groups in total. The molecular formula is C14H19N3O2S. The van der Waals surface area contributed by atoms with E-state index in [1.807, 2.05) is 20.0 Å². The molecule has 2 heterocycles. The number of nitrogens with two attached hydrogens (primary N) is 1. The van der Waals surface area contributed by atoms with Crippen molar-refractivity contribution in [2.75, 3.05) is 13.6 Å². The van der Waals surface area contributed by atoms with Gasteiger partial charge >= 0.3 is 5.91 Å². The second kappa shape index (κ2) is 6.69. The summed E-state index contributed by atoms with van der Waals surface area (Å²) in [6.45, 7) is 3.45. The smallest absolute Gasteiger partial charge is 0.301 e. The number of carbonyl (C=O) groups excluding carboxylic acids is 1. The molecule has 6 heteroatoms. The molecule has 108 valence electrons. The number of thiophene rings is 1. The minimum Gasteiger partial charge on any atom is -0.454 e. The fraction of sp³-hybridized carbons (Fsp3) is 0.357. The molecule has 0 bridgehead atoms. The van der Waals surface area contributed by atoms with Gasteiger partial charge in [0.1, 0.15) is 5.76 Å². The third-order valence-corrected chi connectivity index (χ3v) is 3.99. The van der Waals surface area contributed by atoms with Crippen LogP contribution in [0.1, 0.15) is 26.8 Å². The minimum absolute atomic E-state index is 0.286. The maximum absolute atomic E-state index is 11.5. The first kappa shape index (κ1) is 14.8. The van der Waals surface area contributed by atoms with Crippen molar-refractivity contribution in [2.24, 2.45) is 5.84 Å². The van der Waals surface area contributed by atoms with E-state index in [1.165, 1.54) is 4.88 Å². The van der Waals surface area contributed by atoms with E-state index in [9.17, 15) is 4.79 Å². The Morgan fingerprint density at radius 1 is 1.55 bits per heavy atom. The zero-order valence-electron chi connectivity index (χ0n) is 11.7. The second-order valence-corrected chi connectivity index (χ2v) is 5.80. The average molecular weight is 293 g/mol. The number of furan rings is 1. The number of hydrogen-bond acceptors (Lipinski definition) is 5. The van der Waals surface area contributed by atoms with Crippen molar-refractivity contribution >= 4 is 17.2 Å². The molecule has 5 nitrogen and oxygen atoms in total. The van der Waals surface area contributed by atoms with Crippen molar-refractivity contribution in [3.05, 3.63) is 45.5 Å². The standard InChI is InChI=1S/C14H19N3O2S/c1-10-8-11(19-13(10)14(18)16-15)9-17(2)6-5-12-4-3-7-20-12/h3-4,7-8H,5-6,9,15H2,1-2H3,(H,16,18). The highest BCUT2D eigenvalue weighted by Gasteiger charge is 2.15. The molecule has 2 rings (SSSR count). The summed E-state index contributed by atoms with van der Waals surface area (Å²) in [5, 5.41) is 2.09. The molecule has 2 aromatic rings. The van der Waals surface area contributed by atoms with Gasteiger partial charge in [-0.05, 0) is 37.9 Å². The Morgan fingerprint density at radius 2 is 2.35 bits per heavy atom. The summed E-state index contributed by atoms with van der Waals surface area (Å²) >= 11 is 1.77. The molecule has 0 spiro atoms. The number of nitrogens with one attached hydrogen (secondary N) is 1. The maximum atomic E-state index is 11.5. The van der Waals surface area contributed by atoms with Crippen molar-refractivity contribution in [1.82, 2.24) is 10.3 Å². The van der Waals surface area contributed by atoms with Gasteiger partial charge in [-0.1, -0.05) is 6.07 Å². The number of aryl methyl sites for hydroxylation is 1. The Kier molecular flexibility index (Phi) is 4.94. The van der Waals surface area contributed by atoms with Gasteiger partial charge in [0, 0.05) is 17.0 Å². The largest absolute Gasteiger partial charge is 0.454 e. The van der Waals surface area contributed by atoms with Crippen LogP contribution >= 0.6 is 11.3 Å². The van der Waals surface area contributed by atoms with Crippen LogP contribution in [-0.2, 0) is 13.0 Å². The normalized spacial score (nSPS) is 11.0. The van der Waals surface area contributed by atoms with Gasteiger partial charge in [-0.3, -0.25) is 15.1 Å². The van der Waals surface area contributed by atoms with E-state index in [2.05, 4.69) is 27.8 Å². The van der Waals surface area contributed by atoms with Gasteiger partial charge in [-0.2, -0.15) is 0 Å². The van der Waals surface area contributed by atoms with E-state index >= 15 is 0 Å². The Hall–Kier alpha value is -1.63. The first-order valence-electron chi connectivity index (χ1n) is 6.41. The molecule has 0 aliphatic rings. The Balaban J connectivity index is 1.91. The van der Waals surface area contributed by atoms with E-state index in [4.69, 9.17) is 10.3 Å². The molecule has 0 unspecified atom stereocenters. The Bertz CT molecular complexity index is 563. The van der Waals surface area contributed by atoms with Crippen LogP contribution in [-0.4, -0.2) is 24.4 Å². The first-order valence-corrected chi connectivity index (χ1v) is 7.29. The van der Waals surface area contributed by atoms with Crippen molar-refractivity contribution in [2.45, 2.75) is 19.9 Å². The molecule has 0 radical (unpaired) electrons. The number of nitrogen functional groups attached to an aromatic ring is 1. The zero-order valence-corrected chi connectivity index (χ0v) is 12.5. The molecule has 0 saturated heterocycles. The van der Waals surface area contributed by atoms with Crippen LogP contribution in [0.15, 0.2) is 28.0 Å². The van der Waals surface area contributed by atoms with Gasteiger partial charge in [0.2, 0.25) is 0 Å². The average Bonchev–Trinajstić information content (AvgIpc) is 3.05. The summed E-state index contributed by atoms with van der Waals surface area (Å²) < 4.78 is 5.54. The summed E-state index contributed by atoms with van der Waals surface area (Å²) in [5.41, 5.74) is 2.89. The minimum atomic E-state index is -0.394. The predicted octanol–water partition coefficient (Wildman–Crippen LogP) is 1.93. The molecule has 0 aromatic carbocycles. The maximum Gasteiger partial charge on any atom is 0.301 e. The van der Waals surface area contributed by atoms with Crippen LogP contribution < -0.4 is 11.3 Å². The molecule has 0 saturated carbocycles.